The number of hydrogen-bond acceptors (Lipinski definition) is 3. The molecule has 2 aromatic rings. The van der Waals surface area contributed by atoms with E-state index in [0.717, 1.165) is 21.6 Å². The van der Waals surface area contributed by atoms with Gasteiger partial charge in [-0.2, -0.15) is 0 Å². The third-order valence-corrected chi connectivity index (χ3v) is 2.02. The molecule has 0 radical (unpaired) electrons. The van der Waals surface area contributed by atoms with E-state index in [2.05, 4.69) is 17.6 Å². The van der Waals surface area contributed by atoms with E-state index in [9.17, 15) is 0 Å². The maximum atomic E-state index is 5.17. The van der Waals surface area contributed by atoms with Crippen molar-refractivity contribution in [1.82, 2.24) is 4.98 Å². The standard InChI is InChI=1S/C8H7NOS/c1-5-2-3-6(11)7-8(5)10-4-9-7/h2-4,11H,1H3. The molecule has 0 aliphatic heterocycles. The lowest BCUT2D eigenvalue weighted by Crippen LogP contribution is -1.75. The molecule has 1 aromatic carbocycles. The highest BCUT2D eigenvalue weighted by Crippen LogP contribution is 2.22. The molecule has 11 heavy (non-hydrogen) atoms. The molecule has 2 rings (SSSR count). The van der Waals surface area contributed by atoms with E-state index in [0.29, 0.717) is 0 Å². The van der Waals surface area contributed by atoms with Crippen LogP contribution in [-0.4, -0.2) is 4.98 Å². The molecule has 0 bridgehead atoms. The van der Waals surface area contributed by atoms with Crippen molar-refractivity contribution >= 4 is 23.7 Å². The molecule has 0 aliphatic carbocycles. The lowest BCUT2D eigenvalue weighted by molar-refractivity contribution is 0.600. The second kappa shape index (κ2) is 2.27. The number of oxazole rings is 1. The van der Waals surface area contributed by atoms with Crippen LogP contribution in [-0.2, 0) is 0 Å². The highest BCUT2D eigenvalue weighted by molar-refractivity contribution is 7.80. The summed E-state index contributed by atoms with van der Waals surface area (Å²) in [4.78, 5) is 4.90. The Morgan fingerprint density at radius 2 is 2.27 bits per heavy atom. The van der Waals surface area contributed by atoms with E-state index in [1.807, 2.05) is 19.1 Å². The summed E-state index contributed by atoms with van der Waals surface area (Å²) >= 11 is 4.24. The summed E-state index contributed by atoms with van der Waals surface area (Å²) in [5, 5.41) is 0. The van der Waals surface area contributed by atoms with Gasteiger partial charge in [-0.15, -0.1) is 12.6 Å². The molecular weight excluding hydrogens is 158 g/mol. The van der Waals surface area contributed by atoms with Crippen molar-refractivity contribution in [3.63, 3.8) is 0 Å². The molecule has 0 aliphatic rings. The first-order valence-corrected chi connectivity index (χ1v) is 3.75. The van der Waals surface area contributed by atoms with Crippen molar-refractivity contribution in [3.8, 4) is 0 Å². The molecule has 0 saturated heterocycles. The molecule has 1 aromatic heterocycles. The van der Waals surface area contributed by atoms with Crippen LogP contribution in [0.4, 0.5) is 0 Å². The summed E-state index contributed by atoms with van der Waals surface area (Å²) in [5.74, 6) is 0. The predicted molar refractivity (Wildman–Crippen MR) is 46.0 cm³/mol. The predicted octanol–water partition coefficient (Wildman–Crippen LogP) is 2.42. The molecule has 0 atom stereocenters. The van der Waals surface area contributed by atoms with Gasteiger partial charge in [0.15, 0.2) is 12.0 Å². The molecule has 3 heteroatoms. The van der Waals surface area contributed by atoms with Crippen molar-refractivity contribution in [1.29, 1.82) is 0 Å². The Bertz CT molecular complexity index is 358. The van der Waals surface area contributed by atoms with Crippen molar-refractivity contribution in [3.05, 3.63) is 24.1 Å². The minimum absolute atomic E-state index is 0.831. The SMILES string of the molecule is Cc1ccc(S)c2ncoc12. The van der Waals surface area contributed by atoms with Crippen molar-refractivity contribution in [2.24, 2.45) is 0 Å². The summed E-state index contributed by atoms with van der Waals surface area (Å²) < 4.78 is 5.17. The third kappa shape index (κ3) is 0.922. The average Bonchev–Trinajstić information content (AvgIpc) is 2.45. The molecule has 0 spiro atoms. The summed E-state index contributed by atoms with van der Waals surface area (Å²) in [6.07, 6.45) is 1.44. The van der Waals surface area contributed by atoms with Gasteiger partial charge in [0.1, 0.15) is 5.52 Å². The Balaban J connectivity index is 2.96. The van der Waals surface area contributed by atoms with Crippen LogP contribution >= 0.6 is 12.6 Å². The zero-order valence-electron chi connectivity index (χ0n) is 6.03. The van der Waals surface area contributed by atoms with E-state index in [1.54, 1.807) is 0 Å². The van der Waals surface area contributed by atoms with Gasteiger partial charge in [-0.1, -0.05) is 6.07 Å². The Kier molecular flexibility index (Phi) is 1.39. The first-order valence-electron chi connectivity index (χ1n) is 3.31. The van der Waals surface area contributed by atoms with Crippen LogP contribution in [0.3, 0.4) is 0 Å². The number of aryl methyl sites for hydroxylation is 1. The first kappa shape index (κ1) is 6.73. The molecule has 0 amide bonds. The second-order valence-electron chi connectivity index (χ2n) is 2.43. The van der Waals surface area contributed by atoms with Crippen LogP contribution in [0.25, 0.3) is 11.1 Å². The molecular formula is C8H7NOS. The number of fused-ring (bicyclic) bond motifs is 1. The van der Waals surface area contributed by atoms with Crippen molar-refractivity contribution in [2.75, 3.05) is 0 Å². The van der Waals surface area contributed by atoms with Crippen LogP contribution in [0.2, 0.25) is 0 Å². The maximum Gasteiger partial charge on any atom is 0.182 e. The van der Waals surface area contributed by atoms with Crippen LogP contribution < -0.4 is 0 Å². The average molecular weight is 165 g/mol. The summed E-state index contributed by atoms with van der Waals surface area (Å²) in [5.41, 5.74) is 2.76. The molecule has 0 fully saturated rings. The largest absolute Gasteiger partial charge is 0.443 e. The number of benzene rings is 1. The minimum Gasteiger partial charge on any atom is -0.443 e. The topological polar surface area (TPSA) is 26.0 Å². The van der Waals surface area contributed by atoms with E-state index in [4.69, 9.17) is 4.42 Å². The Morgan fingerprint density at radius 1 is 1.45 bits per heavy atom. The zero-order chi connectivity index (χ0) is 7.84. The van der Waals surface area contributed by atoms with Gasteiger partial charge in [-0.05, 0) is 18.6 Å². The van der Waals surface area contributed by atoms with E-state index >= 15 is 0 Å². The quantitative estimate of drug-likeness (QED) is 0.607. The van der Waals surface area contributed by atoms with E-state index in [-0.39, 0.29) is 0 Å². The van der Waals surface area contributed by atoms with Gasteiger partial charge < -0.3 is 4.42 Å². The van der Waals surface area contributed by atoms with Gasteiger partial charge >= 0.3 is 0 Å². The van der Waals surface area contributed by atoms with Crippen LogP contribution in [0.15, 0.2) is 27.8 Å². The lowest BCUT2D eigenvalue weighted by atomic mass is 10.2. The summed E-state index contributed by atoms with van der Waals surface area (Å²) in [6, 6.07) is 3.89. The zero-order valence-corrected chi connectivity index (χ0v) is 6.93. The monoisotopic (exact) mass is 165 g/mol. The summed E-state index contributed by atoms with van der Waals surface area (Å²) in [7, 11) is 0. The highest BCUT2D eigenvalue weighted by atomic mass is 32.1. The first-order chi connectivity index (χ1) is 5.29. The normalized spacial score (nSPS) is 10.7. The van der Waals surface area contributed by atoms with Gasteiger partial charge in [0, 0.05) is 4.90 Å². The second-order valence-corrected chi connectivity index (χ2v) is 2.91. The Hall–Kier alpha value is -0.960. The van der Waals surface area contributed by atoms with Gasteiger partial charge in [0.25, 0.3) is 0 Å². The fourth-order valence-electron chi connectivity index (χ4n) is 1.07. The van der Waals surface area contributed by atoms with Crippen LogP contribution in [0.1, 0.15) is 5.56 Å². The smallest absolute Gasteiger partial charge is 0.182 e. The summed E-state index contributed by atoms with van der Waals surface area (Å²) in [6.45, 7) is 1.99. The number of hydrogen-bond donors (Lipinski definition) is 1. The fraction of sp³-hybridized carbons (Fsp3) is 0.125. The third-order valence-electron chi connectivity index (χ3n) is 1.66. The van der Waals surface area contributed by atoms with Gasteiger partial charge in [-0.25, -0.2) is 4.98 Å². The number of aromatic nitrogens is 1. The minimum atomic E-state index is 0.831. The molecule has 2 nitrogen and oxygen atoms in total. The molecule has 56 valence electrons. The van der Waals surface area contributed by atoms with Crippen LogP contribution in [0, 0.1) is 6.92 Å². The van der Waals surface area contributed by atoms with Crippen LogP contribution in [0.5, 0.6) is 0 Å². The highest BCUT2D eigenvalue weighted by Gasteiger charge is 2.03. The van der Waals surface area contributed by atoms with Crippen molar-refractivity contribution in [2.45, 2.75) is 11.8 Å². The number of thiol groups is 1. The number of rotatable bonds is 0. The van der Waals surface area contributed by atoms with Gasteiger partial charge in [-0.3, -0.25) is 0 Å². The molecule has 0 saturated carbocycles. The molecule has 0 unspecified atom stereocenters. The maximum absolute atomic E-state index is 5.17. The Labute approximate surface area is 69.6 Å². The van der Waals surface area contributed by atoms with E-state index in [1.165, 1.54) is 6.39 Å². The Morgan fingerprint density at radius 3 is 3.00 bits per heavy atom. The lowest BCUT2D eigenvalue weighted by Gasteiger charge is -1.94. The van der Waals surface area contributed by atoms with Gasteiger partial charge in [0.2, 0.25) is 0 Å². The van der Waals surface area contributed by atoms with Crippen molar-refractivity contribution < 1.29 is 4.42 Å². The molecule has 1 heterocycles. The fourth-order valence-corrected chi connectivity index (χ4v) is 1.30. The molecule has 0 N–H and O–H groups in total. The van der Waals surface area contributed by atoms with Gasteiger partial charge in [0.05, 0.1) is 0 Å². The number of nitrogens with zero attached hydrogens (tertiary/aromatic N) is 1. The van der Waals surface area contributed by atoms with E-state index < -0.39 is 0 Å².